The van der Waals surface area contributed by atoms with Crippen molar-refractivity contribution in [3.63, 3.8) is 0 Å². The first kappa shape index (κ1) is 17.5. The predicted molar refractivity (Wildman–Crippen MR) is 109 cm³/mol. The third kappa shape index (κ3) is 3.82. The first-order valence-corrected chi connectivity index (χ1v) is 9.35. The maximum atomic E-state index is 11.4. The summed E-state index contributed by atoms with van der Waals surface area (Å²) in [6.07, 6.45) is 1.99. The number of benzene rings is 1. The number of pyridine rings is 1. The van der Waals surface area contributed by atoms with E-state index in [2.05, 4.69) is 50.2 Å². The number of rotatable bonds is 3. The lowest BCUT2D eigenvalue weighted by Crippen LogP contribution is -2.13. The Labute approximate surface area is 166 Å². The number of aromatic nitrogens is 1. The van der Waals surface area contributed by atoms with Crippen molar-refractivity contribution in [1.29, 1.82) is 0 Å². The van der Waals surface area contributed by atoms with E-state index in [1.807, 2.05) is 18.2 Å². The largest absolute Gasteiger partial charge is 0.457 e. The van der Waals surface area contributed by atoms with Crippen LogP contribution >= 0.6 is 45.2 Å². The number of ether oxygens (including phenoxy) is 2. The van der Waals surface area contributed by atoms with Crippen LogP contribution in [0.25, 0.3) is 3.58 Å². The van der Waals surface area contributed by atoms with Crippen molar-refractivity contribution in [2.24, 2.45) is 0 Å². The summed E-state index contributed by atoms with van der Waals surface area (Å²) in [7, 11) is 0. The van der Waals surface area contributed by atoms with Gasteiger partial charge in [0, 0.05) is 32.1 Å². The lowest BCUT2D eigenvalue weighted by atomic mass is 9.94. The minimum absolute atomic E-state index is 0.258. The first-order chi connectivity index (χ1) is 11.4. The van der Waals surface area contributed by atoms with Crippen LogP contribution in [0.2, 0.25) is 0 Å². The SMILES string of the molecule is CC(=O)OC1CC(I)=C(I)c2cc(Oc3ccc(N)cn3)ccc21. The van der Waals surface area contributed by atoms with Crippen LogP contribution in [0.1, 0.15) is 30.6 Å². The molecule has 1 aliphatic carbocycles. The van der Waals surface area contributed by atoms with Gasteiger partial charge in [0.25, 0.3) is 0 Å². The normalized spacial score (nSPS) is 16.5. The van der Waals surface area contributed by atoms with Gasteiger partial charge in [-0.2, -0.15) is 0 Å². The van der Waals surface area contributed by atoms with Crippen molar-refractivity contribution >= 4 is 60.4 Å². The van der Waals surface area contributed by atoms with E-state index in [1.54, 1.807) is 18.3 Å². The highest BCUT2D eigenvalue weighted by atomic mass is 127. The fourth-order valence-corrected chi connectivity index (χ4v) is 3.83. The molecule has 3 rings (SSSR count). The van der Waals surface area contributed by atoms with Gasteiger partial charge in [-0.05, 0) is 68.9 Å². The zero-order valence-corrected chi connectivity index (χ0v) is 17.1. The summed E-state index contributed by atoms with van der Waals surface area (Å²) in [5.74, 6) is 0.872. The first-order valence-electron chi connectivity index (χ1n) is 7.19. The molecule has 1 aromatic heterocycles. The topological polar surface area (TPSA) is 74.4 Å². The number of carbonyl (C=O) groups excluding carboxylic acids is 1. The van der Waals surface area contributed by atoms with Gasteiger partial charge < -0.3 is 15.2 Å². The minimum atomic E-state index is -0.279. The van der Waals surface area contributed by atoms with Gasteiger partial charge in [-0.1, -0.05) is 6.07 Å². The number of nitrogen functional groups attached to an aromatic ring is 1. The maximum Gasteiger partial charge on any atom is 0.303 e. The maximum absolute atomic E-state index is 11.4. The van der Waals surface area contributed by atoms with Gasteiger partial charge in [0.1, 0.15) is 11.9 Å². The van der Waals surface area contributed by atoms with Crippen LogP contribution in [0.15, 0.2) is 40.1 Å². The second-order valence-corrected chi connectivity index (χ2v) is 7.68. The number of nitrogens with zero attached hydrogens (tertiary/aromatic N) is 1. The smallest absolute Gasteiger partial charge is 0.303 e. The van der Waals surface area contributed by atoms with E-state index < -0.39 is 0 Å². The van der Waals surface area contributed by atoms with Gasteiger partial charge in [0.2, 0.25) is 5.88 Å². The average molecular weight is 548 g/mol. The Morgan fingerprint density at radius 1 is 1.29 bits per heavy atom. The molecule has 2 N–H and O–H groups in total. The standard InChI is InChI=1S/C17H14I2N2O3/c1-9(22)23-15-7-14(18)17(19)13-6-11(3-4-12(13)15)24-16-5-2-10(20)8-21-16/h2-6,8,15H,7,20H2,1H3. The number of esters is 1. The number of nitrogens with two attached hydrogens (primary N) is 1. The van der Waals surface area contributed by atoms with E-state index in [0.29, 0.717) is 23.7 Å². The number of carbonyl (C=O) groups is 1. The Balaban J connectivity index is 1.94. The number of fused-ring (bicyclic) bond motifs is 1. The molecule has 0 fully saturated rings. The van der Waals surface area contributed by atoms with Crippen molar-refractivity contribution in [3.8, 4) is 11.6 Å². The molecule has 1 atom stereocenters. The summed E-state index contributed by atoms with van der Waals surface area (Å²) >= 11 is 4.61. The summed E-state index contributed by atoms with van der Waals surface area (Å²) in [4.78, 5) is 15.5. The van der Waals surface area contributed by atoms with Gasteiger partial charge in [-0.25, -0.2) is 4.98 Å². The average Bonchev–Trinajstić information content (AvgIpc) is 2.54. The van der Waals surface area contributed by atoms with Gasteiger partial charge in [0.15, 0.2) is 0 Å². The fraction of sp³-hybridized carbons (Fsp3) is 0.176. The monoisotopic (exact) mass is 548 g/mol. The molecule has 0 radical (unpaired) electrons. The van der Waals surface area contributed by atoms with Crippen LogP contribution in [0.3, 0.4) is 0 Å². The van der Waals surface area contributed by atoms with Crippen LogP contribution in [0.4, 0.5) is 5.69 Å². The molecule has 1 unspecified atom stereocenters. The molecule has 5 nitrogen and oxygen atoms in total. The summed E-state index contributed by atoms with van der Waals surface area (Å²) in [6, 6.07) is 9.21. The highest BCUT2D eigenvalue weighted by Gasteiger charge is 2.27. The second kappa shape index (κ2) is 7.26. The van der Waals surface area contributed by atoms with Crippen molar-refractivity contribution in [3.05, 3.63) is 51.2 Å². The van der Waals surface area contributed by atoms with Gasteiger partial charge in [0.05, 0.1) is 11.9 Å². The summed E-state index contributed by atoms with van der Waals surface area (Å²) in [5.41, 5.74) is 8.23. The fourth-order valence-electron chi connectivity index (χ4n) is 2.46. The lowest BCUT2D eigenvalue weighted by molar-refractivity contribution is -0.146. The van der Waals surface area contributed by atoms with E-state index in [0.717, 1.165) is 18.3 Å². The highest BCUT2D eigenvalue weighted by Crippen LogP contribution is 2.46. The number of hydrogen-bond donors (Lipinski definition) is 1. The number of hydrogen-bond acceptors (Lipinski definition) is 5. The Morgan fingerprint density at radius 3 is 2.75 bits per heavy atom. The molecule has 0 saturated carbocycles. The van der Waals surface area contributed by atoms with Crippen LogP contribution in [-0.2, 0) is 9.53 Å². The summed E-state index contributed by atoms with van der Waals surface area (Å²) in [5, 5.41) is 0. The van der Waals surface area contributed by atoms with Crippen molar-refractivity contribution < 1.29 is 14.3 Å². The highest BCUT2D eigenvalue weighted by molar-refractivity contribution is 14.1. The second-order valence-electron chi connectivity index (χ2n) is 5.30. The molecule has 1 aliphatic rings. The molecule has 0 aliphatic heterocycles. The van der Waals surface area contributed by atoms with Gasteiger partial charge in [-0.15, -0.1) is 0 Å². The zero-order chi connectivity index (χ0) is 17.3. The van der Waals surface area contributed by atoms with E-state index in [-0.39, 0.29) is 12.1 Å². The third-order valence-corrected chi connectivity index (χ3v) is 6.74. The van der Waals surface area contributed by atoms with E-state index in [4.69, 9.17) is 15.2 Å². The Morgan fingerprint density at radius 2 is 2.08 bits per heavy atom. The molecule has 2 aromatic rings. The molecule has 0 spiro atoms. The molecule has 0 saturated heterocycles. The summed E-state index contributed by atoms with van der Waals surface area (Å²) in [6.45, 7) is 1.43. The minimum Gasteiger partial charge on any atom is -0.457 e. The van der Waals surface area contributed by atoms with Crippen LogP contribution < -0.4 is 10.5 Å². The molecule has 7 heteroatoms. The number of halogens is 2. The summed E-state index contributed by atoms with van der Waals surface area (Å²) < 4.78 is 13.6. The Kier molecular flexibility index (Phi) is 5.28. The molecule has 124 valence electrons. The van der Waals surface area contributed by atoms with Crippen LogP contribution in [0.5, 0.6) is 11.6 Å². The van der Waals surface area contributed by atoms with Crippen LogP contribution in [-0.4, -0.2) is 11.0 Å². The van der Waals surface area contributed by atoms with Gasteiger partial charge >= 0.3 is 5.97 Å². The molecular weight excluding hydrogens is 534 g/mol. The molecular formula is C17H14I2N2O3. The number of anilines is 1. The molecule has 24 heavy (non-hydrogen) atoms. The van der Waals surface area contributed by atoms with E-state index in [1.165, 1.54) is 6.92 Å². The quantitative estimate of drug-likeness (QED) is 0.432. The third-order valence-electron chi connectivity index (χ3n) is 3.50. The van der Waals surface area contributed by atoms with Crippen molar-refractivity contribution in [2.45, 2.75) is 19.4 Å². The Hall–Kier alpha value is -1.36. The molecule has 1 heterocycles. The Bertz CT molecular complexity index is 819. The molecule has 1 aromatic carbocycles. The van der Waals surface area contributed by atoms with Gasteiger partial charge in [-0.3, -0.25) is 4.79 Å². The van der Waals surface area contributed by atoms with Crippen LogP contribution in [0, 0.1) is 0 Å². The molecule has 0 bridgehead atoms. The van der Waals surface area contributed by atoms with E-state index in [9.17, 15) is 4.79 Å². The zero-order valence-electron chi connectivity index (χ0n) is 12.8. The lowest BCUT2D eigenvalue weighted by Gasteiger charge is -2.26. The van der Waals surface area contributed by atoms with E-state index >= 15 is 0 Å². The van der Waals surface area contributed by atoms with Crippen molar-refractivity contribution in [1.82, 2.24) is 4.98 Å². The van der Waals surface area contributed by atoms with Crippen molar-refractivity contribution in [2.75, 3.05) is 5.73 Å². The molecule has 0 amide bonds. The predicted octanol–water partition coefficient (Wildman–Crippen LogP) is 5.00.